The van der Waals surface area contributed by atoms with Gasteiger partial charge in [-0.05, 0) is 17.0 Å². The molecule has 0 atom stereocenters. The number of hydrogen-bond donors (Lipinski definition) is 0. The van der Waals surface area contributed by atoms with Gasteiger partial charge in [-0.2, -0.15) is 0 Å². The van der Waals surface area contributed by atoms with E-state index in [-0.39, 0.29) is 0 Å². The first-order valence-corrected chi connectivity index (χ1v) is 7.18. The molecule has 20 heavy (non-hydrogen) atoms. The summed E-state index contributed by atoms with van der Waals surface area (Å²) in [5, 5.41) is 10.1. The van der Waals surface area contributed by atoms with Crippen LogP contribution < -0.4 is 0 Å². The van der Waals surface area contributed by atoms with E-state index in [2.05, 4.69) is 16.4 Å². The van der Waals surface area contributed by atoms with Gasteiger partial charge in [-0.25, -0.2) is 4.68 Å². The maximum absolute atomic E-state index is 11.1. The van der Waals surface area contributed by atoms with E-state index in [9.17, 15) is 4.79 Å². The predicted molar refractivity (Wildman–Crippen MR) is 78.1 cm³/mol. The molecule has 3 rings (SSSR count). The van der Waals surface area contributed by atoms with Crippen LogP contribution in [-0.2, 0) is 13.0 Å². The van der Waals surface area contributed by atoms with Crippen LogP contribution in [0.1, 0.15) is 26.6 Å². The summed E-state index contributed by atoms with van der Waals surface area (Å²) in [5.74, 6) is 0. The highest BCUT2D eigenvalue weighted by molar-refractivity contribution is 7.09. The van der Waals surface area contributed by atoms with Crippen LogP contribution in [-0.4, -0.2) is 21.3 Å². The molecule has 5 heteroatoms. The molecule has 4 nitrogen and oxygen atoms in total. The molecule has 0 amide bonds. The van der Waals surface area contributed by atoms with E-state index >= 15 is 0 Å². The zero-order chi connectivity index (χ0) is 13.8. The van der Waals surface area contributed by atoms with Crippen LogP contribution in [0.2, 0.25) is 0 Å². The van der Waals surface area contributed by atoms with Crippen molar-refractivity contribution in [1.29, 1.82) is 0 Å². The highest BCUT2D eigenvalue weighted by atomic mass is 32.1. The first kappa shape index (κ1) is 12.7. The van der Waals surface area contributed by atoms with E-state index < -0.39 is 0 Å². The lowest BCUT2D eigenvalue weighted by atomic mass is 10.2. The molecule has 0 N–H and O–H groups in total. The summed E-state index contributed by atoms with van der Waals surface area (Å²) in [5.41, 5.74) is 2.43. The Balaban J connectivity index is 1.91. The molecule has 3 aromatic rings. The Kier molecular flexibility index (Phi) is 3.69. The number of aromatic nitrogens is 3. The van der Waals surface area contributed by atoms with Gasteiger partial charge in [-0.15, -0.1) is 16.4 Å². The zero-order valence-electron chi connectivity index (χ0n) is 10.8. The summed E-state index contributed by atoms with van der Waals surface area (Å²) in [7, 11) is 0. The van der Waals surface area contributed by atoms with Gasteiger partial charge in [-0.3, -0.25) is 4.79 Å². The van der Waals surface area contributed by atoms with Crippen molar-refractivity contribution >= 4 is 17.6 Å². The molecule has 0 aliphatic rings. The molecule has 0 bridgehead atoms. The maximum Gasteiger partial charge on any atom is 0.172 e. The second-order valence-electron chi connectivity index (χ2n) is 4.44. The lowest BCUT2D eigenvalue weighted by molar-refractivity contribution is 0.111. The van der Waals surface area contributed by atoms with Crippen molar-refractivity contribution in [1.82, 2.24) is 15.0 Å². The molecular weight excluding hydrogens is 270 g/mol. The van der Waals surface area contributed by atoms with Crippen molar-refractivity contribution in [2.75, 3.05) is 0 Å². The largest absolute Gasteiger partial charge is 0.296 e. The van der Waals surface area contributed by atoms with Gasteiger partial charge in [0, 0.05) is 11.3 Å². The van der Waals surface area contributed by atoms with E-state index in [0.717, 1.165) is 17.5 Å². The smallest absolute Gasteiger partial charge is 0.172 e. The van der Waals surface area contributed by atoms with Gasteiger partial charge >= 0.3 is 0 Å². The quantitative estimate of drug-likeness (QED) is 0.676. The van der Waals surface area contributed by atoms with Gasteiger partial charge in [0.25, 0.3) is 0 Å². The fourth-order valence-corrected chi connectivity index (χ4v) is 2.79. The van der Waals surface area contributed by atoms with Crippen LogP contribution in [0, 0.1) is 0 Å². The Labute approximate surface area is 120 Å². The molecule has 2 aromatic heterocycles. The first-order valence-electron chi connectivity index (χ1n) is 6.30. The number of carbonyl (C=O) groups excluding carboxylic acids is 1. The minimum atomic E-state index is 0.425. The van der Waals surface area contributed by atoms with E-state index in [4.69, 9.17) is 0 Å². The third-order valence-corrected chi connectivity index (χ3v) is 3.95. The average Bonchev–Trinajstić information content (AvgIpc) is 3.11. The lowest BCUT2D eigenvalue weighted by Crippen LogP contribution is -2.07. The molecule has 1 aromatic carbocycles. The fraction of sp³-hybridized carbons (Fsp3) is 0.133. The van der Waals surface area contributed by atoms with Crippen LogP contribution in [0.25, 0.3) is 0 Å². The van der Waals surface area contributed by atoms with Gasteiger partial charge in [0.2, 0.25) is 0 Å². The number of rotatable bonds is 5. The first-order chi connectivity index (χ1) is 9.86. The molecule has 0 aliphatic heterocycles. The number of carbonyl (C=O) groups is 1. The Hall–Kier alpha value is -2.27. The van der Waals surface area contributed by atoms with Crippen molar-refractivity contribution < 1.29 is 4.79 Å². The van der Waals surface area contributed by atoms with Crippen molar-refractivity contribution in [2.45, 2.75) is 13.0 Å². The Morgan fingerprint density at radius 1 is 1.15 bits per heavy atom. The zero-order valence-corrected chi connectivity index (χ0v) is 11.6. The van der Waals surface area contributed by atoms with Crippen LogP contribution in [0.15, 0.2) is 47.8 Å². The molecule has 0 fully saturated rings. The van der Waals surface area contributed by atoms with Crippen LogP contribution >= 0.6 is 11.3 Å². The normalized spacial score (nSPS) is 10.6. The third kappa shape index (κ3) is 2.67. The molecule has 2 heterocycles. The van der Waals surface area contributed by atoms with E-state index in [1.54, 1.807) is 16.0 Å². The van der Waals surface area contributed by atoms with E-state index in [1.165, 1.54) is 4.88 Å². The van der Waals surface area contributed by atoms with Gasteiger partial charge in [0.05, 0.1) is 12.2 Å². The maximum atomic E-state index is 11.1. The molecule has 0 saturated carbocycles. The van der Waals surface area contributed by atoms with Gasteiger partial charge in [0.1, 0.15) is 5.69 Å². The third-order valence-electron chi connectivity index (χ3n) is 3.08. The molecular formula is C15H13N3OS. The van der Waals surface area contributed by atoms with Gasteiger partial charge < -0.3 is 0 Å². The van der Waals surface area contributed by atoms with Crippen molar-refractivity contribution in [3.05, 3.63) is 69.7 Å². The van der Waals surface area contributed by atoms with E-state index in [0.29, 0.717) is 18.7 Å². The topological polar surface area (TPSA) is 47.8 Å². The fourth-order valence-electron chi connectivity index (χ4n) is 2.08. The number of hydrogen-bond acceptors (Lipinski definition) is 4. The second kappa shape index (κ2) is 5.79. The molecule has 0 radical (unpaired) electrons. The standard InChI is InChI=1S/C15H13N3OS/c19-11-14-15(9-13-7-4-8-20-13)18(17-16-14)10-12-5-2-1-3-6-12/h1-8,11H,9-10H2. The summed E-state index contributed by atoms with van der Waals surface area (Å²) < 4.78 is 1.80. The molecule has 0 unspecified atom stereocenters. The van der Waals surface area contributed by atoms with Crippen molar-refractivity contribution in [3.8, 4) is 0 Å². The monoisotopic (exact) mass is 283 g/mol. The van der Waals surface area contributed by atoms with Crippen molar-refractivity contribution in [3.63, 3.8) is 0 Å². The minimum Gasteiger partial charge on any atom is -0.296 e. The van der Waals surface area contributed by atoms with Gasteiger partial charge in [-0.1, -0.05) is 41.6 Å². The Morgan fingerprint density at radius 3 is 2.70 bits per heavy atom. The Bertz CT molecular complexity index is 689. The van der Waals surface area contributed by atoms with Crippen molar-refractivity contribution in [2.24, 2.45) is 0 Å². The minimum absolute atomic E-state index is 0.425. The summed E-state index contributed by atoms with van der Waals surface area (Å²) in [6, 6.07) is 14.1. The Morgan fingerprint density at radius 2 is 2.00 bits per heavy atom. The van der Waals surface area contributed by atoms with E-state index in [1.807, 2.05) is 41.8 Å². The molecule has 100 valence electrons. The average molecular weight is 283 g/mol. The number of benzene rings is 1. The lowest BCUT2D eigenvalue weighted by Gasteiger charge is -2.06. The molecule has 0 saturated heterocycles. The number of nitrogens with zero attached hydrogens (tertiary/aromatic N) is 3. The van der Waals surface area contributed by atoms with Crippen LogP contribution in [0.3, 0.4) is 0 Å². The summed E-state index contributed by atoms with van der Waals surface area (Å²) >= 11 is 1.67. The summed E-state index contributed by atoms with van der Waals surface area (Å²) in [6.45, 7) is 0.627. The number of aldehydes is 1. The highest BCUT2D eigenvalue weighted by Crippen LogP contribution is 2.17. The molecule has 0 aliphatic carbocycles. The van der Waals surface area contributed by atoms with Gasteiger partial charge in [0.15, 0.2) is 6.29 Å². The van der Waals surface area contributed by atoms with Crippen LogP contribution in [0.4, 0.5) is 0 Å². The summed E-state index contributed by atoms with van der Waals surface area (Å²) in [4.78, 5) is 12.3. The second-order valence-corrected chi connectivity index (χ2v) is 5.47. The highest BCUT2D eigenvalue weighted by Gasteiger charge is 2.13. The SMILES string of the molecule is O=Cc1nnn(Cc2ccccc2)c1Cc1cccs1. The molecule has 0 spiro atoms. The summed E-state index contributed by atoms with van der Waals surface area (Å²) in [6.07, 6.45) is 1.46. The van der Waals surface area contributed by atoms with Crippen LogP contribution in [0.5, 0.6) is 0 Å². The predicted octanol–water partition coefficient (Wildman–Crippen LogP) is 2.79. The number of thiophene rings is 1.